The van der Waals surface area contributed by atoms with Crippen LogP contribution >= 0.6 is 0 Å². The molecule has 2 heterocycles. The fraction of sp³-hybridized carbons (Fsp3) is 0.209. The third kappa shape index (κ3) is 9.21. The molecule has 2 aliphatic heterocycles. The summed E-state index contributed by atoms with van der Waals surface area (Å²) in [5.74, 6) is 0.148. The van der Waals surface area contributed by atoms with E-state index in [2.05, 4.69) is 35.4 Å². The van der Waals surface area contributed by atoms with Gasteiger partial charge in [-0.1, -0.05) is 19.6 Å². The van der Waals surface area contributed by atoms with E-state index in [0.29, 0.717) is 64.6 Å². The minimum atomic E-state index is -1.21. The number of anilines is 2. The molecular formula is C43H42N4O9. The zero-order valence-electron chi connectivity index (χ0n) is 30.9. The number of terminal acetylenes is 1. The molecule has 4 aromatic carbocycles. The molecule has 0 bridgehead atoms. The van der Waals surface area contributed by atoms with Gasteiger partial charge >= 0.3 is 5.97 Å². The number of hydrogen-bond acceptors (Lipinski definition) is 12. The number of phenols is 2. The van der Waals surface area contributed by atoms with Crippen molar-refractivity contribution in [1.82, 2.24) is 5.32 Å². The number of nitriles is 1. The SMILES string of the molecule is C#C.C=C(CCCOc1ccc(NC(=O)/C(C#N)=C(\O)CCC)cc1)NCC=O.CNc1ccc2c(c1)C(=O)OC21c2ccc(O)cc2Oc2cc(O)ccc21. The minimum Gasteiger partial charge on any atom is -0.511 e. The van der Waals surface area contributed by atoms with Gasteiger partial charge in [-0.15, -0.1) is 12.8 Å². The average Bonchev–Trinajstić information content (AvgIpc) is 3.48. The number of esters is 1. The van der Waals surface area contributed by atoms with E-state index in [1.807, 2.05) is 19.1 Å². The topological polar surface area (TPSA) is 199 Å². The molecule has 1 spiro atoms. The maximum atomic E-state index is 12.8. The van der Waals surface area contributed by atoms with Gasteiger partial charge in [-0.2, -0.15) is 5.26 Å². The van der Waals surface area contributed by atoms with Gasteiger partial charge in [0.2, 0.25) is 0 Å². The summed E-state index contributed by atoms with van der Waals surface area (Å²) in [7, 11) is 1.78. The molecule has 0 saturated heterocycles. The van der Waals surface area contributed by atoms with Crippen LogP contribution in [0.5, 0.6) is 28.7 Å². The Morgan fingerprint density at radius 2 is 1.55 bits per heavy atom. The largest absolute Gasteiger partial charge is 0.511 e. The van der Waals surface area contributed by atoms with E-state index >= 15 is 0 Å². The number of amides is 1. The molecule has 1 amide bonds. The number of aldehydes is 1. The number of allylic oxidation sites excluding steroid dienone is 2. The predicted octanol–water partition coefficient (Wildman–Crippen LogP) is 7.18. The van der Waals surface area contributed by atoms with Crippen LogP contribution in [0.4, 0.5) is 11.4 Å². The number of nitrogens with zero attached hydrogens (tertiary/aromatic N) is 1. The summed E-state index contributed by atoms with van der Waals surface area (Å²) in [6.07, 6.45) is 11.1. The van der Waals surface area contributed by atoms with Crippen LogP contribution in [0.3, 0.4) is 0 Å². The van der Waals surface area contributed by atoms with Crippen LogP contribution in [0, 0.1) is 24.2 Å². The average molecular weight is 759 g/mol. The number of phenolic OH excluding ortho intramolecular Hbond substituents is 2. The van der Waals surface area contributed by atoms with Crippen LogP contribution < -0.4 is 25.4 Å². The molecule has 0 saturated carbocycles. The standard InChI is InChI=1S/C21H15NO5.C20H25N3O4.C2H2/c1-22-11-2-5-15-14(8-11)20(25)27-21(15)16-6-3-12(23)9-18(16)26-19-10-13(24)4-7-17(19)21;1-3-5-19(25)18(14-21)20(26)23-16-7-9-17(10-8-16)27-13-4-6-15(2)22-11-12-24;1-2/h2-10,22-24H,1H3;7-10,12,22,25H,2-6,11,13H2,1H3,(H,23,26);1-2H/b;19-18-;. The number of carbonyl (C=O) groups excluding carboxylic acids is 3. The van der Waals surface area contributed by atoms with Crippen molar-refractivity contribution in [3.63, 3.8) is 0 Å². The lowest BCUT2D eigenvalue weighted by Crippen LogP contribution is -2.32. The van der Waals surface area contributed by atoms with Crippen LogP contribution in [0.2, 0.25) is 0 Å². The predicted molar refractivity (Wildman–Crippen MR) is 211 cm³/mol. The Morgan fingerprint density at radius 1 is 0.946 bits per heavy atom. The zero-order valence-corrected chi connectivity index (χ0v) is 30.9. The first kappa shape index (κ1) is 41.4. The smallest absolute Gasteiger partial charge is 0.340 e. The molecule has 0 atom stereocenters. The number of carbonyl (C=O) groups is 3. The van der Waals surface area contributed by atoms with E-state index in [0.717, 1.165) is 24.1 Å². The van der Waals surface area contributed by atoms with Crippen molar-refractivity contribution in [3.8, 4) is 47.7 Å². The lowest BCUT2D eigenvalue weighted by Gasteiger charge is -2.36. The summed E-state index contributed by atoms with van der Waals surface area (Å²) < 4.78 is 17.5. The third-order valence-corrected chi connectivity index (χ3v) is 8.62. The van der Waals surface area contributed by atoms with Crippen LogP contribution in [0.25, 0.3) is 0 Å². The number of ether oxygens (including phenoxy) is 3. The van der Waals surface area contributed by atoms with Crippen molar-refractivity contribution in [3.05, 3.63) is 125 Å². The maximum absolute atomic E-state index is 12.8. The summed E-state index contributed by atoms with van der Waals surface area (Å²) >= 11 is 0. The molecule has 6 rings (SSSR count). The Morgan fingerprint density at radius 3 is 2.12 bits per heavy atom. The summed E-state index contributed by atoms with van der Waals surface area (Å²) in [6.45, 7) is 6.40. The number of fused-ring (bicyclic) bond motifs is 6. The molecule has 13 heteroatoms. The van der Waals surface area contributed by atoms with Crippen LogP contribution in [-0.2, 0) is 19.9 Å². The zero-order chi connectivity index (χ0) is 40.8. The highest BCUT2D eigenvalue weighted by Gasteiger charge is 2.53. The van der Waals surface area contributed by atoms with E-state index in [4.69, 9.17) is 19.5 Å². The van der Waals surface area contributed by atoms with Gasteiger partial charge in [-0.25, -0.2) is 4.79 Å². The molecule has 288 valence electrons. The molecule has 0 radical (unpaired) electrons. The first-order chi connectivity index (χ1) is 27.0. The van der Waals surface area contributed by atoms with Gasteiger partial charge in [0.15, 0.2) is 11.2 Å². The highest BCUT2D eigenvalue weighted by atomic mass is 16.6. The molecule has 0 unspecified atom stereocenters. The van der Waals surface area contributed by atoms with Crippen molar-refractivity contribution < 1.29 is 43.9 Å². The quantitative estimate of drug-likeness (QED) is 0.0153. The van der Waals surface area contributed by atoms with Crippen LogP contribution in [-0.4, -0.2) is 53.7 Å². The minimum absolute atomic E-state index is 0.0302. The van der Waals surface area contributed by atoms with Gasteiger partial charge in [0.05, 0.1) is 18.7 Å². The van der Waals surface area contributed by atoms with Crippen molar-refractivity contribution in [2.75, 3.05) is 30.8 Å². The molecule has 4 aromatic rings. The first-order valence-electron chi connectivity index (χ1n) is 17.5. The summed E-state index contributed by atoms with van der Waals surface area (Å²) in [4.78, 5) is 35.1. The summed E-state index contributed by atoms with van der Waals surface area (Å²) in [5, 5.41) is 47.1. The Kier molecular flexibility index (Phi) is 14.1. The first-order valence-corrected chi connectivity index (χ1v) is 17.5. The monoisotopic (exact) mass is 758 g/mol. The fourth-order valence-corrected chi connectivity index (χ4v) is 6.05. The molecule has 0 aliphatic carbocycles. The molecule has 0 aromatic heterocycles. The summed E-state index contributed by atoms with van der Waals surface area (Å²) in [6, 6.07) is 23.3. The van der Waals surface area contributed by atoms with E-state index in [-0.39, 0.29) is 35.8 Å². The third-order valence-electron chi connectivity index (χ3n) is 8.62. The second-order valence-corrected chi connectivity index (χ2v) is 12.3. The van der Waals surface area contributed by atoms with E-state index in [1.165, 1.54) is 24.3 Å². The van der Waals surface area contributed by atoms with Crippen molar-refractivity contribution in [2.45, 2.75) is 38.2 Å². The Balaban J connectivity index is 0.000000238. The number of hydrogen-bond donors (Lipinski definition) is 6. The molecule has 56 heavy (non-hydrogen) atoms. The normalized spacial score (nSPS) is 12.7. The lowest BCUT2D eigenvalue weighted by molar-refractivity contribution is -0.112. The Bertz CT molecular complexity index is 2130. The number of nitrogens with one attached hydrogen (secondary N) is 3. The molecule has 0 fully saturated rings. The second kappa shape index (κ2) is 19.1. The molecule has 6 N–H and O–H groups in total. The molecule has 13 nitrogen and oxygen atoms in total. The second-order valence-electron chi connectivity index (χ2n) is 12.3. The van der Waals surface area contributed by atoms with Gasteiger partial charge in [-0.3, -0.25) is 4.79 Å². The van der Waals surface area contributed by atoms with E-state index in [1.54, 1.807) is 55.6 Å². The van der Waals surface area contributed by atoms with Gasteiger partial charge in [0.1, 0.15) is 46.9 Å². The molecule has 2 aliphatic rings. The van der Waals surface area contributed by atoms with Gasteiger partial charge in [-0.05, 0) is 79.9 Å². The summed E-state index contributed by atoms with van der Waals surface area (Å²) in [5.41, 5.74) is 2.98. The van der Waals surface area contributed by atoms with Crippen LogP contribution in [0.1, 0.15) is 59.7 Å². The lowest BCUT2D eigenvalue weighted by atomic mass is 9.77. The highest BCUT2D eigenvalue weighted by Crippen LogP contribution is 2.57. The van der Waals surface area contributed by atoms with Gasteiger partial charge in [0, 0.05) is 59.4 Å². The Labute approximate surface area is 324 Å². The number of aromatic hydroxyl groups is 2. The maximum Gasteiger partial charge on any atom is 0.340 e. The van der Waals surface area contributed by atoms with Crippen LogP contribution in [0.15, 0.2) is 102 Å². The Hall–Kier alpha value is -7.38. The van der Waals surface area contributed by atoms with E-state index in [9.17, 15) is 29.7 Å². The van der Waals surface area contributed by atoms with Crippen molar-refractivity contribution in [2.24, 2.45) is 0 Å². The van der Waals surface area contributed by atoms with E-state index < -0.39 is 17.5 Å². The van der Waals surface area contributed by atoms with Gasteiger partial charge < -0.3 is 50.3 Å². The molecular weight excluding hydrogens is 716 g/mol. The van der Waals surface area contributed by atoms with Crippen molar-refractivity contribution in [1.29, 1.82) is 5.26 Å². The number of aliphatic hydroxyl groups excluding tert-OH is 1. The fourth-order valence-electron chi connectivity index (χ4n) is 6.05. The van der Waals surface area contributed by atoms with Gasteiger partial charge in [0.25, 0.3) is 5.91 Å². The number of rotatable bonds is 13. The highest BCUT2D eigenvalue weighted by molar-refractivity contribution is 6.06. The van der Waals surface area contributed by atoms with Crippen molar-refractivity contribution >= 4 is 29.5 Å². The number of aliphatic hydroxyl groups is 1. The number of benzene rings is 4.